The van der Waals surface area contributed by atoms with Crippen LogP contribution in [0.5, 0.6) is 0 Å². The number of halogens is 2. The molecule has 1 heterocycles. The maximum absolute atomic E-state index is 13.7. The van der Waals surface area contributed by atoms with E-state index in [-0.39, 0.29) is 23.7 Å². The number of carboxylic acids is 1. The average Bonchev–Trinajstić information content (AvgIpc) is 2.83. The van der Waals surface area contributed by atoms with E-state index in [0.29, 0.717) is 6.04 Å². The van der Waals surface area contributed by atoms with Gasteiger partial charge in [0.1, 0.15) is 5.82 Å². The average molecular weight is 315 g/mol. The van der Waals surface area contributed by atoms with Gasteiger partial charge in [-0.05, 0) is 38.0 Å². The van der Waals surface area contributed by atoms with Gasteiger partial charge in [0, 0.05) is 18.6 Å². The van der Waals surface area contributed by atoms with Gasteiger partial charge in [-0.15, -0.1) is 0 Å². The molecule has 0 radical (unpaired) electrons. The van der Waals surface area contributed by atoms with Crippen LogP contribution in [0, 0.1) is 5.82 Å². The summed E-state index contributed by atoms with van der Waals surface area (Å²) in [4.78, 5) is 13.0. The lowest BCUT2D eigenvalue weighted by Gasteiger charge is -2.32. The summed E-state index contributed by atoms with van der Waals surface area (Å²) in [6.07, 6.45) is 0.834. The number of nitrogens with one attached hydrogen (secondary N) is 1. The van der Waals surface area contributed by atoms with Gasteiger partial charge in [0.05, 0.1) is 17.6 Å². The summed E-state index contributed by atoms with van der Waals surface area (Å²) in [7, 11) is 0. The number of carbonyl (C=O) groups is 1. The molecule has 2 unspecified atom stereocenters. The zero-order valence-electron chi connectivity index (χ0n) is 12.1. The number of aliphatic carboxylic acids is 1. The Kier molecular flexibility index (Phi) is 5.19. The molecule has 1 saturated heterocycles. The first-order valence-corrected chi connectivity index (χ1v) is 7.44. The molecule has 1 aliphatic rings. The van der Waals surface area contributed by atoms with E-state index in [0.717, 1.165) is 18.5 Å². The summed E-state index contributed by atoms with van der Waals surface area (Å²) in [6.45, 7) is 4.92. The molecule has 116 valence electrons. The number of hydrogen-bond donors (Lipinski definition) is 2. The Bertz CT molecular complexity index is 524. The molecule has 6 heteroatoms. The van der Waals surface area contributed by atoms with Gasteiger partial charge in [0.2, 0.25) is 0 Å². The van der Waals surface area contributed by atoms with Crippen molar-refractivity contribution >= 4 is 17.6 Å². The van der Waals surface area contributed by atoms with E-state index in [1.54, 1.807) is 6.07 Å². The fourth-order valence-electron chi connectivity index (χ4n) is 2.95. The third-order valence-corrected chi connectivity index (χ3v) is 4.21. The molecular formula is C15H20ClFN2O2. The summed E-state index contributed by atoms with van der Waals surface area (Å²) in [5.41, 5.74) is 0.825. The Labute approximate surface area is 128 Å². The molecule has 4 nitrogen and oxygen atoms in total. The number of benzene rings is 1. The fourth-order valence-corrected chi connectivity index (χ4v) is 3.07. The molecule has 1 fully saturated rings. The normalized spacial score (nSPS) is 22.9. The van der Waals surface area contributed by atoms with Crippen LogP contribution in [0.25, 0.3) is 0 Å². The second-order valence-electron chi connectivity index (χ2n) is 5.62. The van der Waals surface area contributed by atoms with Crippen molar-refractivity contribution < 1.29 is 14.3 Å². The van der Waals surface area contributed by atoms with Gasteiger partial charge in [-0.2, -0.15) is 0 Å². The molecule has 1 aromatic rings. The maximum Gasteiger partial charge on any atom is 0.317 e. The van der Waals surface area contributed by atoms with Crippen molar-refractivity contribution in [2.45, 2.75) is 38.4 Å². The van der Waals surface area contributed by atoms with E-state index >= 15 is 0 Å². The van der Waals surface area contributed by atoms with Crippen molar-refractivity contribution in [3.63, 3.8) is 0 Å². The Morgan fingerprint density at radius 2 is 2.29 bits per heavy atom. The standard InChI is InChI=1S/C15H20ClFN2O2/c1-9(2)19-6-5-13(18-8-14(20)21)15(19)10-3-4-11(16)12(17)7-10/h3-4,7,9,13,15,18H,5-6,8H2,1-2H3,(H,20,21). The van der Waals surface area contributed by atoms with Gasteiger partial charge in [-0.3, -0.25) is 9.69 Å². The van der Waals surface area contributed by atoms with E-state index in [1.165, 1.54) is 6.07 Å². The minimum atomic E-state index is -0.890. The summed E-state index contributed by atoms with van der Waals surface area (Å²) in [5, 5.41) is 12.0. The number of carboxylic acid groups (broad SMARTS) is 1. The van der Waals surface area contributed by atoms with Crippen molar-refractivity contribution in [1.82, 2.24) is 10.2 Å². The predicted octanol–water partition coefficient (Wildman–Crippen LogP) is 2.68. The molecular weight excluding hydrogens is 295 g/mol. The van der Waals surface area contributed by atoms with Crippen LogP contribution in [-0.2, 0) is 4.79 Å². The van der Waals surface area contributed by atoms with Gasteiger partial charge in [-0.1, -0.05) is 17.7 Å². The van der Waals surface area contributed by atoms with Crippen molar-refractivity contribution in [1.29, 1.82) is 0 Å². The van der Waals surface area contributed by atoms with E-state index < -0.39 is 11.8 Å². The van der Waals surface area contributed by atoms with E-state index in [9.17, 15) is 9.18 Å². The van der Waals surface area contributed by atoms with Crippen LogP contribution in [0.3, 0.4) is 0 Å². The summed E-state index contributed by atoms with van der Waals surface area (Å²) in [5.74, 6) is -1.33. The Morgan fingerprint density at radius 3 is 2.86 bits per heavy atom. The predicted molar refractivity (Wildman–Crippen MR) is 80.0 cm³/mol. The molecule has 0 spiro atoms. The highest BCUT2D eigenvalue weighted by molar-refractivity contribution is 6.30. The third-order valence-electron chi connectivity index (χ3n) is 3.90. The van der Waals surface area contributed by atoms with Gasteiger partial charge in [0.25, 0.3) is 0 Å². The van der Waals surface area contributed by atoms with Crippen LogP contribution in [0.15, 0.2) is 18.2 Å². The molecule has 0 aromatic heterocycles. The highest BCUT2D eigenvalue weighted by atomic mass is 35.5. The first kappa shape index (κ1) is 16.2. The fraction of sp³-hybridized carbons (Fsp3) is 0.533. The Hall–Kier alpha value is -1.17. The maximum atomic E-state index is 13.7. The second-order valence-corrected chi connectivity index (χ2v) is 6.03. The second kappa shape index (κ2) is 6.73. The quantitative estimate of drug-likeness (QED) is 0.877. The lowest BCUT2D eigenvalue weighted by Crippen LogP contribution is -2.40. The molecule has 21 heavy (non-hydrogen) atoms. The third kappa shape index (κ3) is 3.73. The first-order valence-electron chi connectivity index (χ1n) is 7.06. The molecule has 0 bridgehead atoms. The molecule has 2 N–H and O–H groups in total. The van der Waals surface area contributed by atoms with E-state index in [4.69, 9.17) is 16.7 Å². The van der Waals surface area contributed by atoms with E-state index in [2.05, 4.69) is 24.1 Å². The Morgan fingerprint density at radius 1 is 1.57 bits per heavy atom. The number of likely N-dealkylation sites (tertiary alicyclic amines) is 1. The van der Waals surface area contributed by atoms with Crippen molar-refractivity contribution in [2.75, 3.05) is 13.1 Å². The molecule has 2 rings (SSSR count). The molecule has 2 atom stereocenters. The Balaban J connectivity index is 2.26. The van der Waals surface area contributed by atoms with Gasteiger partial charge < -0.3 is 10.4 Å². The van der Waals surface area contributed by atoms with Gasteiger partial charge in [-0.25, -0.2) is 4.39 Å². The van der Waals surface area contributed by atoms with Crippen molar-refractivity contribution in [3.8, 4) is 0 Å². The molecule has 1 aromatic carbocycles. The summed E-state index contributed by atoms with van der Waals surface area (Å²) < 4.78 is 13.7. The smallest absolute Gasteiger partial charge is 0.317 e. The zero-order valence-corrected chi connectivity index (χ0v) is 12.9. The van der Waals surface area contributed by atoms with Crippen LogP contribution in [-0.4, -0.2) is 41.1 Å². The lowest BCUT2D eigenvalue weighted by atomic mass is 9.99. The summed E-state index contributed by atoms with van der Waals surface area (Å²) in [6, 6.07) is 5.05. The lowest BCUT2D eigenvalue weighted by molar-refractivity contribution is -0.136. The van der Waals surface area contributed by atoms with Crippen LogP contribution in [0.4, 0.5) is 4.39 Å². The van der Waals surface area contributed by atoms with Crippen LogP contribution < -0.4 is 5.32 Å². The molecule has 0 aliphatic carbocycles. The van der Waals surface area contributed by atoms with Crippen molar-refractivity contribution in [3.05, 3.63) is 34.6 Å². The van der Waals surface area contributed by atoms with Crippen LogP contribution in [0.2, 0.25) is 5.02 Å². The van der Waals surface area contributed by atoms with Crippen LogP contribution >= 0.6 is 11.6 Å². The largest absolute Gasteiger partial charge is 0.480 e. The van der Waals surface area contributed by atoms with Crippen molar-refractivity contribution in [2.24, 2.45) is 0 Å². The first-order chi connectivity index (χ1) is 9.90. The number of nitrogens with zero attached hydrogens (tertiary/aromatic N) is 1. The summed E-state index contributed by atoms with van der Waals surface area (Å²) >= 11 is 5.74. The van der Waals surface area contributed by atoms with Crippen LogP contribution in [0.1, 0.15) is 31.9 Å². The van der Waals surface area contributed by atoms with Gasteiger partial charge in [0.15, 0.2) is 0 Å². The molecule has 0 amide bonds. The minimum Gasteiger partial charge on any atom is -0.480 e. The monoisotopic (exact) mass is 314 g/mol. The molecule has 0 saturated carbocycles. The SMILES string of the molecule is CC(C)N1CCC(NCC(=O)O)C1c1ccc(Cl)c(F)c1. The number of rotatable bonds is 5. The highest BCUT2D eigenvalue weighted by Crippen LogP contribution is 2.35. The van der Waals surface area contributed by atoms with Gasteiger partial charge >= 0.3 is 5.97 Å². The van der Waals surface area contributed by atoms with E-state index in [1.807, 2.05) is 6.07 Å². The highest BCUT2D eigenvalue weighted by Gasteiger charge is 2.36. The molecule has 1 aliphatic heterocycles. The minimum absolute atomic E-state index is 0.0101. The topological polar surface area (TPSA) is 52.6 Å². The zero-order chi connectivity index (χ0) is 15.6. The number of hydrogen-bond acceptors (Lipinski definition) is 3.